The third kappa shape index (κ3) is 8.39. The molecule has 48 heavy (non-hydrogen) atoms. The molecule has 1 fully saturated rings. The van der Waals surface area contributed by atoms with E-state index in [4.69, 9.17) is 9.72 Å². The number of amides is 1. The average molecular weight is 661 g/mol. The van der Waals surface area contributed by atoms with Gasteiger partial charge in [0.25, 0.3) is 5.91 Å². The number of pyridine rings is 2. The number of aromatic nitrogens is 2. The number of nitrogens with zero attached hydrogens (tertiary/aromatic N) is 4. The van der Waals surface area contributed by atoms with Gasteiger partial charge in [-0.05, 0) is 100 Å². The van der Waals surface area contributed by atoms with Crippen LogP contribution in [-0.4, -0.2) is 66.8 Å². The summed E-state index contributed by atoms with van der Waals surface area (Å²) < 4.78 is 36.7. The van der Waals surface area contributed by atoms with Crippen molar-refractivity contribution in [3.63, 3.8) is 0 Å². The second-order valence-electron chi connectivity index (χ2n) is 13.2. The molecule has 1 amide bonds. The maximum atomic E-state index is 13.8. The van der Waals surface area contributed by atoms with E-state index >= 15 is 0 Å². The Bertz CT molecular complexity index is 1780. The van der Waals surface area contributed by atoms with Crippen LogP contribution in [0.4, 0.5) is 20.3 Å². The van der Waals surface area contributed by atoms with Gasteiger partial charge in [0.2, 0.25) is 5.43 Å². The van der Waals surface area contributed by atoms with Gasteiger partial charge in [-0.2, -0.15) is 0 Å². The van der Waals surface area contributed by atoms with Crippen molar-refractivity contribution in [3.8, 4) is 11.4 Å². The van der Waals surface area contributed by atoms with E-state index in [1.807, 2.05) is 44.1 Å². The van der Waals surface area contributed by atoms with E-state index in [0.29, 0.717) is 29.8 Å². The molecule has 1 saturated heterocycles. The van der Waals surface area contributed by atoms with Crippen LogP contribution in [-0.2, 0) is 0 Å². The first-order chi connectivity index (χ1) is 23.1. The van der Waals surface area contributed by atoms with Gasteiger partial charge in [-0.1, -0.05) is 12.8 Å². The molecule has 0 bridgehead atoms. The van der Waals surface area contributed by atoms with E-state index in [2.05, 4.69) is 12.2 Å². The summed E-state index contributed by atoms with van der Waals surface area (Å²) in [6, 6.07) is 11.7. The first-order valence-electron chi connectivity index (χ1n) is 17.2. The van der Waals surface area contributed by atoms with Gasteiger partial charge in [0, 0.05) is 32.0 Å². The summed E-state index contributed by atoms with van der Waals surface area (Å²) in [4.78, 5) is 33.4. The lowest BCUT2D eigenvalue weighted by atomic mass is 10.1. The average Bonchev–Trinajstić information content (AvgIpc) is 3.06. The van der Waals surface area contributed by atoms with E-state index in [1.165, 1.54) is 75.4 Å². The van der Waals surface area contributed by atoms with Crippen LogP contribution < -0.4 is 20.4 Å². The molecule has 0 radical (unpaired) electrons. The Labute approximate surface area is 281 Å². The number of likely N-dealkylation sites (tertiary alicyclic amines) is 1. The number of benzene rings is 2. The standard InChI is InChI=1S/C38H47F2N5O3/c1-5-45(19-11-9-12-20-45)18-10-7-6-8-13-21-48-31-14-16-34(27(2)22-31)44-26-33(38(47)41-30-24-28(39)23-29(40)25-30)36(46)32-15-17-35(43(3)4)42-37(32)44/h14-17,22-26H,5-13,18-21H2,1-4H3/p+1. The van der Waals surface area contributed by atoms with Crippen LogP contribution in [0, 0.1) is 18.6 Å². The monoisotopic (exact) mass is 660 g/mol. The summed E-state index contributed by atoms with van der Waals surface area (Å²) in [7, 11) is 3.71. The zero-order chi connectivity index (χ0) is 34.3. The number of aryl methyl sites for hydroxylation is 1. The molecule has 2 aromatic heterocycles. The molecule has 8 nitrogen and oxygen atoms in total. The molecule has 1 N–H and O–H groups in total. The Kier molecular flexibility index (Phi) is 11.5. The topological polar surface area (TPSA) is 76.5 Å². The van der Waals surface area contributed by atoms with Crippen LogP contribution in [0.5, 0.6) is 5.75 Å². The molecule has 0 atom stereocenters. The first kappa shape index (κ1) is 35.0. The van der Waals surface area contributed by atoms with Crippen molar-refractivity contribution >= 4 is 28.4 Å². The number of piperidine rings is 1. The molecular formula is C38H48F2N5O3+. The lowest BCUT2D eigenvalue weighted by Crippen LogP contribution is -2.51. The minimum absolute atomic E-state index is 0.0918. The number of carbonyl (C=O) groups is 1. The van der Waals surface area contributed by atoms with Gasteiger partial charge in [0.15, 0.2) is 5.65 Å². The SMILES string of the molecule is CC[N+]1(CCCCCCCOc2ccc(-n3cc(C(=O)Nc4cc(F)cc(F)c4)c(=O)c4ccc(N(C)C)nc43)c(C)c2)CCCCC1. The fourth-order valence-corrected chi connectivity index (χ4v) is 6.75. The Balaban J connectivity index is 1.28. The Morgan fingerprint density at radius 1 is 0.958 bits per heavy atom. The lowest BCUT2D eigenvalue weighted by molar-refractivity contribution is -0.931. The summed E-state index contributed by atoms with van der Waals surface area (Å²) >= 11 is 0. The fraction of sp³-hybridized carbons (Fsp3) is 0.447. The predicted octanol–water partition coefficient (Wildman–Crippen LogP) is 7.64. The van der Waals surface area contributed by atoms with Crippen LogP contribution in [0.2, 0.25) is 0 Å². The molecule has 4 aromatic rings. The molecule has 0 saturated carbocycles. The number of quaternary nitrogens is 1. The summed E-state index contributed by atoms with van der Waals surface area (Å²) in [6.07, 6.45) is 11.5. The van der Waals surface area contributed by atoms with Crippen LogP contribution in [0.25, 0.3) is 16.7 Å². The number of unbranched alkanes of at least 4 members (excludes halogenated alkanes) is 4. The minimum atomic E-state index is -0.839. The third-order valence-corrected chi connectivity index (χ3v) is 9.57. The Morgan fingerprint density at radius 2 is 1.67 bits per heavy atom. The number of anilines is 2. The number of nitrogens with one attached hydrogen (secondary N) is 1. The predicted molar refractivity (Wildman–Crippen MR) is 189 cm³/mol. The van der Waals surface area contributed by atoms with E-state index in [0.717, 1.165) is 36.3 Å². The van der Waals surface area contributed by atoms with Crippen molar-refractivity contribution in [3.05, 3.63) is 87.7 Å². The number of ether oxygens (including phenoxy) is 1. The van der Waals surface area contributed by atoms with Gasteiger partial charge in [-0.15, -0.1) is 0 Å². The van der Waals surface area contributed by atoms with Crippen molar-refractivity contribution in [2.45, 2.75) is 65.2 Å². The molecule has 0 unspecified atom stereocenters. The maximum Gasteiger partial charge on any atom is 0.261 e. The van der Waals surface area contributed by atoms with Gasteiger partial charge in [0.05, 0.1) is 43.9 Å². The number of rotatable bonds is 14. The number of hydrogen-bond acceptors (Lipinski definition) is 5. The van der Waals surface area contributed by atoms with Crippen molar-refractivity contribution in [2.75, 3.05) is 57.1 Å². The molecule has 0 spiro atoms. The molecule has 1 aliphatic rings. The van der Waals surface area contributed by atoms with E-state index in [9.17, 15) is 18.4 Å². The smallest absolute Gasteiger partial charge is 0.261 e. The van der Waals surface area contributed by atoms with Gasteiger partial charge in [0.1, 0.15) is 28.8 Å². The summed E-state index contributed by atoms with van der Waals surface area (Å²) in [5, 5.41) is 2.70. The molecular weight excluding hydrogens is 612 g/mol. The Morgan fingerprint density at radius 3 is 2.35 bits per heavy atom. The highest BCUT2D eigenvalue weighted by Gasteiger charge is 2.27. The minimum Gasteiger partial charge on any atom is -0.494 e. The van der Waals surface area contributed by atoms with Crippen LogP contribution in [0.1, 0.15) is 74.2 Å². The summed E-state index contributed by atoms with van der Waals surface area (Å²) in [5.74, 6) is -1.08. The lowest BCUT2D eigenvalue weighted by Gasteiger charge is -2.41. The van der Waals surface area contributed by atoms with Crippen molar-refractivity contribution < 1.29 is 22.8 Å². The van der Waals surface area contributed by atoms with Crippen molar-refractivity contribution in [2.24, 2.45) is 0 Å². The normalized spacial score (nSPS) is 14.2. The second kappa shape index (κ2) is 15.7. The molecule has 1 aliphatic heterocycles. The molecule has 3 heterocycles. The number of halogens is 2. The zero-order valence-corrected chi connectivity index (χ0v) is 28.7. The van der Waals surface area contributed by atoms with Gasteiger partial charge < -0.3 is 19.4 Å². The number of hydrogen-bond donors (Lipinski definition) is 1. The third-order valence-electron chi connectivity index (χ3n) is 9.57. The van der Waals surface area contributed by atoms with Crippen molar-refractivity contribution in [1.82, 2.24) is 9.55 Å². The number of carbonyl (C=O) groups excluding carboxylic acids is 1. The van der Waals surface area contributed by atoms with Crippen LogP contribution in [0.3, 0.4) is 0 Å². The highest BCUT2D eigenvalue weighted by molar-refractivity contribution is 6.05. The molecule has 256 valence electrons. The van der Waals surface area contributed by atoms with Crippen LogP contribution >= 0.6 is 0 Å². The maximum absolute atomic E-state index is 13.8. The Hall–Kier alpha value is -4.31. The van der Waals surface area contributed by atoms with Crippen molar-refractivity contribution in [1.29, 1.82) is 0 Å². The van der Waals surface area contributed by atoms with E-state index in [1.54, 1.807) is 16.7 Å². The molecule has 2 aromatic carbocycles. The highest BCUT2D eigenvalue weighted by Crippen LogP contribution is 2.26. The largest absolute Gasteiger partial charge is 0.494 e. The summed E-state index contributed by atoms with van der Waals surface area (Å²) in [6.45, 7) is 10.2. The quantitative estimate of drug-likeness (QED) is 0.111. The molecule has 10 heteroatoms. The highest BCUT2D eigenvalue weighted by atomic mass is 19.1. The number of fused-ring (bicyclic) bond motifs is 1. The van der Waals surface area contributed by atoms with Gasteiger partial charge >= 0.3 is 0 Å². The van der Waals surface area contributed by atoms with E-state index < -0.39 is 23.0 Å². The first-order valence-corrected chi connectivity index (χ1v) is 17.2. The van der Waals surface area contributed by atoms with E-state index in [-0.39, 0.29) is 16.6 Å². The van der Waals surface area contributed by atoms with Crippen LogP contribution in [0.15, 0.2) is 59.5 Å². The van der Waals surface area contributed by atoms with Gasteiger partial charge in [-0.25, -0.2) is 13.8 Å². The van der Waals surface area contributed by atoms with Gasteiger partial charge in [-0.3, -0.25) is 14.2 Å². The summed E-state index contributed by atoms with van der Waals surface area (Å²) in [5.41, 5.74) is 1.13. The second-order valence-corrected chi connectivity index (χ2v) is 13.2. The zero-order valence-electron chi connectivity index (χ0n) is 28.7. The molecule has 0 aliphatic carbocycles. The fourth-order valence-electron chi connectivity index (χ4n) is 6.75. The molecule has 5 rings (SSSR count).